The van der Waals surface area contributed by atoms with E-state index in [0.717, 1.165) is 5.69 Å². The van der Waals surface area contributed by atoms with Gasteiger partial charge < -0.3 is 14.2 Å². The fourth-order valence-electron chi connectivity index (χ4n) is 3.87. The third-order valence-corrected chi connectivity index (χ3v) is 5.42. The lowest BCUT2D eigenvalue weighted by Gasteiger charge is -2.33. The van der Waals surface area contributed by atoms with Gasteiger partial charge in [0, 0.05) is 31.7 Å². The fourth-order valence-corrected chi connectivity index (χ4v) is 4.04. The monoisotopic (exact) mass is 415 g/mol. The van der Waals surface area contributed by atoms with Crippen LogP contribution in [0.5, 0.6) is 5.75 Å². The SMILES string of the molecule is C=CCn1c(=O)c2c(nc3n2C[C@@H](C)CN3c2cc(Cl)ccc2OC)n(C)c1=O. The number of anilines is 2. The van der Waals surface area contributed by atoms with E-state index in [-0.39, 0.29) is 18.0 Å². The summed E-state index contributed by atoms with van der Waals surface area (Å²) in [7, 11) is 3.22. The van der Waals surface area contributed by atoms with Gasteiger partial charge in [-0.25, -0.2) is 4.79 Å². The standard InChI is InChI=1S/C20H22ClN5O3/c1-5-8-24-18(27)16-17(23(3)20(24)28)22-19-25(10-12(2)11-26(16)19)14-9-13(21)6-7-15(14)29-4/h5-7,9,12H,1,8,10-11H2,2-4H3/t12-/m0/s1. The minimum Gasteiger partial charge on any atom is -0.495 e. The number of allylic oxidation sites excluding steroid dienone is 1. The first kappa shape index (κ1) is 19.3. The normalized spacial score (nSPS) is 16.1. The topological polar surface area (TPSA) is 74.3 Å². The highest BCUT2D eigenvalue weighted by Gasteiger charge is 2.31. The molecule has 0 amide bonds. The molecule has 1 aliphatic heterocycles. The molecule has 0 N–H and O–H groups in total. The van der Waals surface area contributed by atoms with Gasteiger partial charge in [-0.1, -0.05) is 24.6 Å². The van der Waals surface area contributed by atoms with Gasteiger partial charge in [-0.2, -0.15) is 4.98 Å². The summed E-state index contributed by atoms with van der Waals surface area (Å²) in [4.78, 5) is 32.4. The van der Waals surface area contributed by atoms with Gasteiger partial charge in [0.2, 0.25) is 5.95 Å². The summed E-state index contributed by atoms with van der Waals surface area (Å²) >= 11 is 6.24. The van der Waals surface area contributed by atoms with Crippen LogP contribution in [0.3, 0.4) is 0 Å². The molecule has 0 saturated carbocycles. The predicted octanol–water partition coefficient (Wildman–Crippen LogP) is 2.53. The van der Waals surface area contributed by atoms with Crippen molar-refractivity contribution in [3.8, 4) is 5.75 Å². The summed E-state index contributed by atoms with van der Waals surface area (Å²) in [5, 5.41) is 0.572. The van der Waals surface area contributed by atoms with Crippen molar-refractivity contribution in [2.75, 3.05) is 18.6 Å². The summed E-state index contributed by atoms with van der Waals surface area (Å²) in [6.07, 6.45) is 1.54. The van der Waals surface area contributed by atoms with E-state index in [2.05, 4.69) is 18.5 Å². The average molecular weight is 416 g/mol. The van der Waals surface area contributed by atoms with Crippen LogP contribution in [-0.2, 0) is 20.1 Å². The molecule has 3 aromatic rings. The number of aryl methyl sites for hydroxylation is 1. The number of hydrogen-bond acceptors (Lipinski definition) is 5. The van der Waals surface area contributed by atoms with Gasteiger partial charge in [0.25, 0.3) is 5.56 Å². The number of rotatable bonds is 4. The number of fused-ring (bicyclic) bond motifs is 3. The Bertz CT molecular complexity index is 1240. The molecule has 152 valence electrons. The van der Waals surface area contributed by atoms with Crippen LogP contribution in [0.25, 0.3) is 11.2 Å². The first-order chi connectivity index (χ1) is 13.9. The molecule has 0 radical (unpaired) electrons. The van der Waals surface area contributed by atoms with Gasteiger partial charge in [0.05, 0.1) is 12.8 Å². The molecule has 2 aromatic heterocycles. The van der Waals surface area contributed by atoms with Gasteiger partial charge in [-0.05, 0) is 24.1 Å². The number of benzene rings is 1. The zero-order valence-corrected chi connectivity index (χ0v) is 17.3. The lowest BCUT2D eigenvalue weighted by molar-refractivity contribution is 0.409. The molecule has 0 saturated heterocycles. The quantitative estimate of drug-likeness (QED) is 0.612. The number of nitrogens with zero attached hydrogens (tertiary/aromatic N) is 5. The molecule has 0 aliphatic carbocycles. The molecule has 0 unspecified atom stereocenters. The Hall–Kier alpha value is -3.00. The summed E-state index contributed by atoms with van der Waals surface area (Å²) in [6, 6.07) is 5.38. The zero-order chi connectivity index (χ0) is 20.9. The molecule has 0 fully saturated rings. The molecule has 9 heteroatoms. The molecule has 8 nitrogen and oxygen atoms in total. The maximum Gasteiger partial charge on any atom is 0.332 e. The lowest BCUT2D eigenvalue weighted by Crippen LogP contribution is -2.40. The van der Waals surface area contributed by atoms with Crippen LogP contribution in [-0.4, -0.2) is 32.3 Å². The molecular formula is C20H22ClN5O3. The first-order valence-corrected chi connectivity index (χ1v) is 9.67. The van der Waals surface area contributed by atoms with Gasteiger partial charge in [0.15, 0.2) is 11.2 Å². The highest BCUT2D eigenvalue weighted by Crippen LogP contribution is 2.39. The molecule has 1 aromatic carbocycles. The van der Waals surface area contributed by atoms with Crippen LogP contribution in [0.4, 0.5) is 11.6 Å². The smallest absolute Gasteiger partial charge is 0.332 e. The van der Waals surface area contributed by atoms with Crippen molar-refractivity contribution in [2.24, 2.45) is 13.0 Å². The Morgan fingerprint density at radius 1 is 1.34 bits per heavy atom. The Morgan fingerprint density at radius 2 is 2.10 bits per heavy atom. The maximum absolute atomic E-state index is 13.1. The fraction of sp³-hybridized carbons (Fsp3) is 0.350. The molecule has 0 spiro atoms. The first-order valence-electron chi connectivity index (χ1n) is 9.29. The van der Waals surface area contributed by atoms with Crippen molar-refractivity contribution in [1.29, 1.82) is 0 Å². The van der Waals surface area contributed by atoms with Crippen LogP contribution < -0.4 is 20.9 Å². The molecular weight excluding hydrogens is 394 g/mol. The van der Waals surface area contributed by atoms with Crippen LogP contribution in [0.2, 0.25) is 5.02 Å². The average Bonchev–Trinajstić information content (AvgIpc) is 3.08. The second-order valence-corrected chi connectivity index (χ2v) is 7.71. The molecule has 3 heterocycles. The van der Waals surface area contributed by atoms with E-state index >= 15 is 0 Å². The van der Waals surface area contributed by atoms with Crippen LogP contribution in [0, 0.1) is 5.92 Å². The molecule has 4 rings (SSSR count). The Balaban J connectivity index is 2.04. The van der Waals surface area contributed by atoms with E-state index in [1.165, 1.54) is 15.2 Å². The number of ether oxygens (including phenoxy) is 1. The summed E-state index contributed by atoms with van der Waals surface area (Å²) in [6.45, 7) is 7.18. The van der Waals surface area contributed by atoms with Crippen molar-refractivity contribution in [3.05, 3.63) is 56.7 Å². The van der Waals surface area contributed by atoms with Crippen LogP contribution >= 0.6 is 11.6 Å². The number of hydrogen-bond donors (Lipinski definition) is 0. The third-order valence-electron chi connectivity index (χ3n) is 5.19. The number of imidazole rings is 1. The van der Waals surface area contributed by atoms with E-state index in [4.69, 9.17) is 16.3 Å². The summed E-state index contributed by atoms with van der Waals surface area (Å²) in [5.41, 5.74) is 0.739. The van der Waals surface area contributed by atoms with E-state index < -0.39 is 5.69 Å². The van der Waals surface area contributed by atoms with Crippen LogP contribution in [0.1, 0.15) is 6.92 Å². The highest BCUT2D eigenvalue weighted by molar-refractivity contribution is 6.31. The van der Waals surface area contributed by atoms with E-state index in [0.29, 0.717) is 41.0 Å². The zero-order valence-electron chi connectivity index (χ0n) is 16.6. The molecule has 29 heavy (non-hydrogen) atoms. The summed E-state index contributed by atoms with van der Waals surface area (Å²) in [5.74, 6) is 1.47. The van der Waals surface area contributed by atoms with Crippen molar-refractivity contribution in [2.45, 2.75) is 20.0 Å². The van der Waals surface area contributed by atoms with E-state index in [1.807, 2.05) is 15.5 Å². The van der Waals surface area contributed by atoms with E-state index in [1.54, 1.807) is 26.3 Å². The minimum absolute atomic E-state index is 0.142. The second kappa shape index (κ2) is 7.11. The minimum atomic E-state index is -0.419. The van der Waals surface area contributed by atoms with Crippen molar-refractivity contribution in [3.63, 3.8) is 0 Å². The Kier molecular flexibility index (Phi) is 4.74. The van der Waals surface area contributed by atoms with Gasteiger partial charge in [-0.3, -0.25) is 13.9 Å². The number of methoxy groups -OCH3 is 1. The maximum atomic E-state index is 13.1. The Morgan fingerprint density at radius 3 is 2.79 bits per heavy atom. The van der Waals surface area contributed by atoms with Crippen LogP contribution in [0.15, 0.2) is 40.4 Å². The predicted molar refractivity (Wildman–Crippen MR) is 114 cm³/mol. The Labute approximate surface area is 172 Å². The highest BCUT2D eigenvalue weighted by atomic mass is 35.5. The van der Waals surface area contributed by atoms with Gasteiger partial charge in [-0.15, -0.1) is 6.58 Å². The van der Waals surface area contributed by atoms with Crippen molar-refractivity contribution >= 4 is 34.4 Å². The molecule has 1 aliphatic rings. The van der Waals surface area contributed by atoms with Crippen molar-refractivity contribution in [1.82, 2.24) is 18.7 Å². The summed E-state index contributed by atoms with van der Waals surface area (Å²) < 4.78 is 9.99. The molecule has 0 bridgehead atoms. The van der Waals surface area contributed by atoms with Gasteiger partial charge in [0.1, 0.15) is 5.75 Å². The largest absolute Gasteiger partial charge is 0.495 e. The lowest BCUT2D eigenvalue weighted by atomic mass is 10.1. The number of aromatic nitrogens is 4. The number of halogens is 1. The van der Waals surface area contributed by atoms with Crippen molar-refractivity contribution < 1.29 is 4.74 Å². The third kappa shape index (κ3) is 2.95. The molecule has 1 atom stereocenters. The van der Waals surface area contributed by atoms with E-state index in [9.17, 15) is 9.59 Å². The second-order valence-electron chi connectivity index (χ2n) is 7.27. The van der Waals surface area contributed by atoms with Gasteiger partial charge >= 0.3 is 5.69 Å².